The summed E-state index contributed by atoms with van der Waals surface area (Å²) in [5.74, 6) is 0. The molecule has 0 aromatic heterocycles. The zero-order valence-corrected chi connectivity index (χ0v) is 10.9. The number of ether oxygens (including phenoxy) is 1. The number of benzene rings is 1. The minimum atomic E-state index is -0.337. The van der Waals surface area contributed by atoms with E-state index in [1.54, 1.807) is 0 Å². The first-order valence-corrected chi connectivity index (χ1v) is 6.56. The van der Waals surface area contributed by atoms with Crippen LogP contribution in [0.4, 0.5) is 4.79 Å². The highest BCUT2D eigenvalue weighted by molar-refractivity contribution is 5.67. The lowest BCUT2D eigenvalue weighted by atomic mass is 10.2. The van der Waals surface area contributed by atoms with E-state index in [0.29, 0.717) is 13.2 Å². The molecule has 1 rings (SSSR count). The van der Waals surface area contributed by atoms with Gasteiger partial charge in [-0.3, -0.25) is 0 Å². The van der Waals surface area contributed by atoms with Crippen LogP contribution in [-0.2, 0) is 11.3 Å². The van der Waals surface area contributed by atoms with Crippen molar-refractivity contribution in [1.82, 2.24) is 5.32 Å². The maximum Gasteiger partial charge on any atom is 0.407 e. The lowest BCUT2D eigenvalue weighted by Crippen LogP contribution is -2.50. The molecule has 4 heteroatoms. The molecule has 1 aromatic carbocycles. The molecule has 0 heterocycles. The summed E-state index contributed by atoms with van der Waals surface area (Å²) >= 11 is 0. The van der Waals surface area contributed by atoms with Gasteiger partial charge in [0.05, 0.1) is 6.54 Å². The molecule has 0 bridgehead atoms. The maximum absolute atomic E-state index is 11.4. The molecule has 100 valence electrons. The van der Waals surface area contributed by atoms with Crippen LogP contribution in [0.3, 0.4) is 0 Å². The Morgan fingerprint density at radius 1 is 1.11 bits per heavy atom. The zero-order chi connectivity index (χ0) is 13.1. The summed E-state index contributed by atoms with van der Waals surface area (Å²) in [5, 5.41) is 2.75. The molecule has 0 saturated heterocycles. The van der Waals surface area contributed by atoms with Gasteiger partial charge in [0.15, 0.2) is 0 Å². The number of carbonyl (C=O) groups is 1. The minimum absolute atomic E-state index is 0.328. The highest BCUT2D eigenvalue weighted by atomic mass is 16.5. The Labute approximate surface area is 109 Å². The van der Waals surface area contributed by atoms with Gasteiger partial charge in [0.1, 0.15) is 6.61 Å². The van der Waals surface area contributed by atoms with Gasteiger partial charge in [-0.2, -0.15) is 0 Å². The third-order valence-electron chi connectivity index (χ3n) is 2.66. The summed E-state index contributed by atoms with van der Waals surface area (Å²) in [5.41, 5.74) is 4.80. The van der Waals surface area contributed by atoms with E-state index in [1.165, 1.54) is 12.8 Å². The van der Waals surface area contributed by atoms with Crippen molar-refractivity contribution < 1.29 is 15.3 Å². The average Bonchev–Trinajstić information content (AvgIpc) is 2.41. The van der Waals surface area contributed by atoms with Crippen molar-refractivity contribution in [3.05, 3.63) is 35.9 Å². The van der Waals surface area contributed by atoms with Crippen molar-refractivity contribution in [3.8, 4) is 0 Å². The maximum atomic E-state index is 11.4. The normalized spacial score (nSPS) is 10.1. The Morgan fingerprint density at radius 2 is 1.83 bits per heavy atom. The molecule has 18 heavy (non-hydrogen) atoms. The molecule has 0 fully saturated rings. The first-order chi connectivity index (χ1) is 8.83. The van der Waals surface area contributed by atoms with E-state index in [1.807, 2.05) is 30.3 Å². The van der Waals surface area contributed by atoms with Crippen LogP contribution in [0.15, 0.2) is 30.3 Å². The lowest BCUT2D eigenvalue weighted by molar-refractivity contribution is -0.368. The third-order valence-corrected chi connectivity index (χ3v) is 2.66. The summed E-state index contributed by atoms with van der Waals surface area (Å²) in [7, 11) is 0. The monoisotopic (exact) mass is 251 g/mol. The fourth-order valence-electron chi connectivity index (χ4n) is 1.62. The summed E-state index contributed by atoms with van der Waals surface area (Å²) in [6.45, 7) is 2.01. The van der Waals surface area contributed by atoms with Crippen LogP contribution in [-0.4, -0.2) is 19.2 Å². The quantitative estimate of drug-likeness (QED) is 0.691. The number of quaternary nitrogens is 1. The van der Waals surface area contributed by atoms with Crippen molar-refractivity contribution >= 4 is 6.09 Å². The number of nitrogens with one attached hydrogen (secondary N) is 1. The van der Waals surface area contributed by atoms with Crippen molar-refractivity contribution in [2.75, 3.05) is 13.1 Å². The van der Waals surface area contributed by atoms with Gasteiger partial charge >= 0.3 is 6.09 Å². The highest BCUT2D eigenvalue weighted by Gasteiger charge is 2.01. The van der Waals surface area contributed by atoms with Crippen LogP contribution in [0.2, 0.25) is 0 Å². The molecule has 0 unspecified atom stereocenters. The Hall–Kier alpha value is -1.55. The summed E-state index contributed by atoms with van der Waals surface area (Å²) < 4.78 is 5.10. The number of rotatable bonds is 8. The zero-order valence-electron chi connectivity index (χ0n) is 10.9. The molecule has 0 aliphatic rings. The topological polar surface area (TPSA) is 66.0 Å². The van der Waals surface area contributed by atoms with E-state index in [4.69, 9.17) is 4.74 Å². The Morgan fingerprint density at radius 3 is 2.56 bits per heavy atom. The number of alkyl carbamates (subject to hydrolysis) is 1. The smallest absolute Gasteiger partial charge is 0.407 e. The fraction of sp³-hybridized carbons (Fsp3) is 0.500. The van der Waals surface area contributed by atoms with Gasteiger partial charge in [0.2, 0.25) is 0 Å². The second-order valence-electron chi connectivity index (χ2n) is 4.26. The Kier molecular flexibility index (Phi) is 7.64. The van der Waals surface area contributed by atoms with Gasteiger partial charge < -0.3 is 15.8 Å². The lowest BCUT2D eigenvalue weighted by Gasteiger charge is -2.06. The molecule has 0 radical (unpaired) electrons. The average molecular weight is 251 g/mol. The number of amides is 1. The summed E-state index contributed by atoms with van der Waals surface area (Å²) in [6.07, 6.45) is 4.15. The molecule has 1 aromatic rings. The van der Waals surface area contributed by atoms with Crippen LogP contribution >= 0.6 is 0 Å². The van der Waals surface area contributed by atoms with Gasteiger partial charge in [-0.25, -0.2) is 4.79 Å². The first kappa shape index (κ1) is 14.5. The SMILES string of the molecule is [NH3+]CCCCCCNC(=O)OCc1ccccc1. The van der Waals surface area contributed by atoms with Gasteiger partial charge in [-0.1, -0.05) is 36.8 Å². The number of carbonyl (C=O) groups excluding carboxylic acids is 1. The minimum Gasteiger partial charge on any atom is -0.445 e. The van der Waals surface area contributed by atoms with Crippen molar-refractivity contribution in [2.45, 2.75) is 32.3 Å². The second-order valence-corrected chi connectivity index (χ2v) is 4.26. The largest absolute Gasteiger partial charge is 0.445 e. The molecule has 0 atom stereocenters. The summed E-state index contributed by atoms with van der Waals surface area (Å²) in [6, 6.07) is 9.67. The molecular formula is C14H23N2O2+. The number of unbranched alkanes of at least 4 members (excludes halogenated alkanes) is 3. The molecular weight excluding hydrogens is 228 g/mol. The van der Waals surface area contributed by atoms with Crippen LogP contribution < -0.4 is 11.1 Å². The summed E-state index contributed by atoms with van der Waals surface area (Å²) in [4.78, 5) is 11.4. The van der Waals surface area contributed by atoms with E-state index in [9.17, 15) is 4.79 Å². The molecule has 0 aliphatic heterocycles. The molecule has 1 amide bonds. The van der Waals surface area contributed by atoms with E-state index in [-0.39, 0.29) is 6.09 Å². The second kappa shape index (κ2) is 9.48. The predicted molar refractivity (Wildman–Crippen MR) is 70.9 cm³/mol. The molecule has 4 N–H and O–H groups in total. The number of hydrogen-bond acceptors (Lipinski definition) is 2. The van der Waals surface area contributed by atoms with Gasteiger partial charge in [0.25, 0.3) is 0 Å². The number of hydrogen-bond donors (Lipinski definition) is 2. The van der Waals surface area contributed by atoms with Crippen LogP contribution in [0, 0.1) is 0 Å². The predicted octanol–water partition coefficient (Wildman–Crippen LogP) is 1.72. The molecule has 4 nitrogen and oxygen atoms in total. The van der Waals surface area contributed by atoms with Crippen molar-refractivity contribution in [1.29, 1.82) is 0 Å². The van der Waals surface area contributed by atoms with Gasteiger partial charge in [0, 0.05) is 6.54 Å². The first-order valence-electron chi connectivity index (χ1n) is 6.56. The van der Waals surface area contributed by atoms with Crippen LogP contribution in [0.5, 0.6) is 0 Å². The fourth-order valence-corrected chi connectivity index (χ4v) is 1.62. The van der Waals surface area contributed by atoms with Gasteiger partial charge in [-0.05, 0) is 24.8 Å². The Bertz CT molecular complexity index is 328. The van der Waals surface area contributed by atoms with E-state index in [2.05, 4.69) is 11.1 Å². The van der Waals surface area contributed by atoms with Crippen LogP contribution in [0.1, 0.15) is 31.2 Å². The van der Waals surface area contributed by atoms with Crippen molar-refractivity contribution in [2.24, 2.45) is 0 Å². The Balaban J connectivity index is 2.01. The molecule has 0 spiro atoms. The van der Waals surface area contributed by atoms with E-state index >= 15 is 0 Å². The molecule has 0 aliphatic carbocycles. The van der Waals surface area contributed by atoms with E-state index in [0.717, 1.165) is 24.9 Å². The van der Waals surface area contributed by atoms with Gasteiger partial charge in [-0.15, -0.1) is 0 Å². The van der Waals surface area contributed by atoms with E-state index < -0.39 is 0 Å². The standard InChI is InChI=1S/C14H22N2O2/c15-10-6-1-2-7-11-16-14(17)18-12-13-8-4-3-5-9-13/h3-5,8-9H,1-2,6-7,10-12,15H2,(H,16,17)/p+1. The highest BCUT2D eigenvalue weighted by Crippen LogP contribution is 2.01. The third kappa shape index (κ3) is 6.91. The molecule has 0 saturated carbocycles. The van der Waals surface area contributed by atoms with Crippen LogP contribution in [0.25, 0.3) is 0 Å². The van der Waals surface area contributed by atoms with Crippen molar-refractivity contribution in [3.63, 3.8) is 0 Å².